The van der Waals surface area contributed by atoms with Gasteiger partial charge in [0.2, 0.25) is 0 Å². The van der Waals surface area contributed by atoms with Gasteiger partial charge in [-0.15, -0.1) is 0 Å². The summed E-state index contributed by atoms with van der Waals surface area (Å²) in [6.45, 7) is 4.25. The first kappa shape index (κ1) is 23.5. The van der Waals surface area contributed by atoms with Crippen molar-refractivity contribution in [1.29, 1.82) is 0 Å². The van der Waals surface area contributed by atoms with Crippen molar-refractivity contribution in [3.63, 3.8) is 0 Å². The average molecular weight is 422 g/mol. The van der Waals surface area contributed by atoms with E-state index in [9.17, 15) is 30.7 Å². The molecule has 1 aliphatic rings. The Hall–Kier alpha value is -1.79. The Morgan fingerprint density at radius 2 is 1.62 bits per heavy atom. The highest BCUT2D eigenvalue weighted by Gasteiger charge is 2.29. The molecule has 0 radical (unpaired) electrons. The van der Waals surface area contributed by atoms with Crippen LogP contribution in [-0.2, 0) is 0 Å². The summed E-state index contributed by atoms with van der Waals surface area (Å²) >= 11 is 0. The lowest BCUT2D eigenvalue weighted by atomic mass is 9.74. The highest BCUT2D eigenvalue weighted by molar-refractivity contribution is 5.64. The van der Waals surface area contributed by atoms with Crippen molar-refractivity contribution in [2.75, 3.05) is 0 Å². The van der Waals surface area contributed by atoms with Crippen LogP contribution in [0.4, 0.5) is 30.7 Å². The Labute approximate surface area is 166 Å². The topological polar surface area (TPSA) is 0 Å². The zero-order chi connectivity index (χ0) is 21.8. The van der Waals surface area contributed by atoms with Crippen LogP contribution in [0.2, 0.25) is 0 Å². The van der Waals surface area contributed by atoms with Gasteiger partial charge in [-0.3, -0.25) is 0 Å². The molecule has 0 aliphatic heterocycles. The molecule has 7 heteroatoms. The van der Waals surface area contributed by atoms with Crippen LogP contribution in [0.3, 0.4) is 0 Å². The monoisotopic (exact) mass is 422 g/mol. The van der Waals surface area contributed by atoms with E-state index in [1.165, 1.54) is 0 Å². The van der Waals surface area contributed by atoms with Crippen molar-refractivity contribution in [3.05, 3.63) is 46.8 Å². The molecule has 29 heavy (non-hydrogen) atoms. The van der Waals surface area contributed by atoms with Gasteiger partial charge in [0, 0.05) is 23.1 Å². The van der Waals surface area contributed by atoms with Gasteiger partial charge < -0.3 is 0 Å². The van der Waals surface area contributed by atoms with Crippen molar-refractivity contribution in [3.8, 4) is 0 Å². The van der Waals surface area contributed by atoms with Crippen LogP contribution in [0, 0.1) is 29.4 Å². The molecule has 1 unspecified atom stereocenters. The second-order valence-electron chi connectivity index (χ2n) is 7.77. The predicted octanol–water partition coefficient (Wildman–Crippen LogP) is 8.39. The Kier molecular flexibility index (Phi) is 7.94. The summed E-state index contributed by atoms with van der Waals surface area (Å²) in [5.41, 5.74) is -1.60. The van der Waals surface area contributed by atoms with E-state index in [1.54, 1.807) is 0 Å². The third-order valence-corrected chi connectivity index (χ3v) is 5.66. The molecule has 162 valence electrons. The fraction of sp³-hybridized carbons (Fsp3) is 0.545. The van der Waals surface area contributed by atoms with E-state index in [2.05, 4.69) is 13.8 Å². The lowest BCUT2D eigenvalue weighted by Crippen LogP contribution is -2.20. The zero-order valence-electron chi connectivity index (χ0n) is 16.4. The maximum absolute atomic E-state index is 14.6. The molecule has 1 fully saturated rings. The van der Waals surface area contributed by atoms with Gasteiger partial charge in [-0.1, -0.05) is 26.7 Å². The van der Waals surface area contributed by atoms with E-state index in [-0.39, 0.29) is 12.2 Å². The van der Waals surface area contributed by atoms with Gasteiger partial charge >= 0.3 is 6.18 Å². The first-order valence-electron chi connectivity index (χ1n) is 9.84. The number of benzene rings is 1. The molecule has 0 saturated heterocycles. The first-order chi connectivity index (χ1) is 13.5. The van der Waals surface area contributed by atoms with Crippen molar-refractivity contribution < 1.29 is 30.7 Å². The summed E-state index contributed by atoms with van der Waals surface area (Å²) in [6.07, 6.45) is -0.269. The molecule has 0 heterocycles. The smallest absolute Gasteiger partial charge is 0.208 e. The Bertz CT molecular complexity index is 730. The number of alkyl halides is 3. The van der Waals surface area contributed by atoms with Crippen LogP contribution in [0.5, 0.6) is 0 Å². The molecule has 1 aromatic rings. The van der Waals surface area contributed by atoms with E-state index in [4.69, 9.17) is 0 Å². The molecule has 1 atom stereocenters. The number of allylic oxidation sites excluding steroid dienone is 2. The lowest BCUT2D eigenvalue weighted by Gasteiger charge is -2.31. The fourth-order valence-electron chi connectivity index (χ4n) is 4.00. The minimum atomic E-state index is -4.75. The van der Waals surface area contributed by atoms with Crippen molar-refractivity contribution in [2.45, 2.75) is 58.5 Å². The molecule has 2 rings (SSSR count). The normalized spacial score (nSPS) is 22.7. The van der Waals surface area contributed by atoms with Gasteiger partial charge in [-0.05, 0) is 55.7 Å². The third kappa shape index (κ3) is 6.34. The van der Waals surface area contributed by atoms with Gasteiger partial charge in [0.05, 0.1) is 0 Å². The predicted molar refractivity (Wildman–Crippen MR) is 100 cm³/mol. The summed E-state index contributed by atoms with van der Waals surface area (Å²) < 4.78 is 93.7. The Balaban J connectivity index is 2.17. The van der Waals surface area contributed by atoms with Crippen molar-refractivity contribution in [1.82, 2.24) is 0 Å². The zero-order valence-corrected chi connectivity index (χ0v) is 16.4. The Morgan fingerprint density at radius 1 is 1.07 bits per heavy atom. The van der Waals surface area contributed by atoms with Crippen LogP contribution in [0.1, 0.15) is 63.5 Å². The highest BCUT2D eigenvalue weighted by Crippen LogP contribution is 2.41. The molecule has 0 amide bonds. The first-order valence-corrected chi connectivity index (χ1v) is 9.84. The summed E-state index contributed by atoms with van der Waals surface area (Å²) in [6, 6.07) is 1.03. The van der Waals surface area contributed by atoms with E-state index in [0.717, 1.165) is 25.7 Å². The maximum atomic E-state index is 14.6. The second kappa shape index (κ2) is 9.81. The minimum Gasteiger partial charge on any atom is -0.208 e. The third-order valence-electron chi connectivity index (χ3n) is 5.66. The molecule has 0 aromatic heterocycles. The SMILES string of the molecule is CCCC(C)C1CCC(/C(F)=C(\F)c2cc(F)c(/C=C/C(F)(F)F)c(F)c2)CC1. The molecule has 1 aromatic carbocycles. The van der Waals surface area contributed by atoms with Gasteiger partial charge in [-0.25, -0.2) is 17.6 Å². The Morgan fingerprint density at radius 3 is 2.10 bits per heavy atom. The second-order valence-corrected chi connectivity index (χ2v) is 7.77. The van der Waals surface area contributed by atoms with E-state index in [0.29, 0.717) is 36.8 Å². The summed E-state index contributed by atoms with van der Waals surface area (Å²) in [4.78, 5) is 0. The van der Waals surface area contributed by atoms with E-state index >= 15 is 0 Å². The molecule has 0 spiro atoms. The maximum Gasteiger partial charge on any atom is 0.409 e. The van der Waals surface area contributed by atoms with Crippen LogP contribution >= 0.6 is 0 Å². The number of halogens is 7. The van der Waals surface area contributed by atoms with Crippen molar-refractivity contribution >= 4 is 11.9 Å². The highest BCUT2D eigenvalue weighted by atomic mass is 19.4. The van der Waals surface area contributed by atoms with Crippen LogP contribution < -0.4 is 0 Å². The summed E-state index contributed by atoms with van der Waals surface area (Å²) in [5, 5.41) is 0. The molecular weight excluding hydrogens is 397 g/mol. The summed E-state index contributed by atoms with van der Waals surface area (Å²) in [5.74, 6) is -4.88. The molecule has 0 nitrogen and oxygen atoms in total. The van der Waals surface area contributed by atoms with E-state index < -0.39 is 46.5 Å². The summed E-state index contributed by atoms with van der Waals surface area (Å²) in [7, 11) is 0. The van der Waals surface area contributed by atoms with Crippen LogP contribution in [0.15, 0.2) is 24.0 Å². The number of hydrogen-bond donors (Lipinski definition) is 0. The van der Waals surface area contributed by atoms with Crippen LogP contribution in [0.25, 0.3) is 11.9 Å². The lowest BCUT2D eigenvalue weighted by molar-refractivity contribution is -0.0790. The van der Waals surface area contributed by atoms with Crippen molar-refractivity contribution in [2.24, 2.45) is 17.8 Å². The average Bonchev–Trinajstić information content (AvgIpc) is 2.65. The molecule has 1 saturated carbocycles. The minimum absolute atomic E-state index is 0.227. The van der Waals surface area contributed by atoms with Gasteiger partial charge in [-0.2, -0.15) is 13.2 Å². The largest absolute Gasteiger partial charge is 0.409 e. The fourth-order valence-corrected chi connectivity index (χ4v) is 4.00. The quantitative estimate of drug-likeness (QED) is 0.404. The van der Waals surface area contributed by atoms with Gasteiger partial charge in [0.15, 0.2) is 5.83 Å². The number of hydrogen-bond acceptors (Lipinski definition) is 0. The number of rotatable bonds is 6. The standard InChI is InChI=1S/C22H25F7/c1-3-4-13(2)14-5-7-15(8-6-14)20(25)21(26)16-11-18(23)17(19(24)12-16)9-10-22(27,28)29/h9-15H,3-8H2,1-2H3/b10-9+,21-20+. The van der Waals surface area contributed by atoms with Gasteiger partial charge in [0.25, 0.3) is 0 Å². The van der Waals surface area contributed by atoms with Gasteiger partial charge in [0.1, 0.15) is 17.5 Å². The van der Waals surface area contributed by atoms with Crippen LogP contribution in [-0.4, -0.2) is 6.18 Å². The molecule has 1 aliphatic carbocycles. The molecule has 0 bridgehead atoms. The molecule has 0 N–H and O–H groups in total. The molecular formula is C22H25F7. The van der Waals surface area contributed by atoms with E-state index in [1.807, 2.05) is 0 Å².